The molecule has 6 nitrogen and oxygen atoms in total. The second kappa shape index (κ2) is 6.70. The molecule has 6 heteroatoms. The number of amides is 1. The van der Waals surface area contributed by atoms with Crippen molar-refractivity contribution in [1.82, 2.24) is 0 Å². The van der Waals surface area contributed by atoms with Gasteiger partial charge in [0.2, 0.25) is 5.91 Å². The van der Waals surface area contributed by atoms with Gasteiger partial charge in [-0.25, -0.2) is 0 Å². The number of non-ortho nitro benzene ring substituents is 1. The smallest absolute Gasteiger partial charge is 0.269 e. The molecule has 0 radical (unpaired) electrons. The number of nitrogens with zero attached hydrogens (tertiary/aromatic N) is 1. The van der Waals surface area contributed by atoms with E-state index in [0.29, 0.717) is 16.8 Å². The summed E-state index contributed by atoms with van der Waals surface area (Å²) < 4.78 is 0. The van der Waals surface area contributed by atoms with Gasteiger partial charge < -0.3 is 10.4 Å². The van der Waals surface area contributed by atoms with Gasteiger partial charge in [-0.15, -0.1) is 0 Å². The van der Waals surface area contributed by atoms with Crippen molar-refractivity contribution in [2.75, 3.05) is 5.32 Å². The van der Waals surface area contributed by atoms with Crippen LogP contribution in [0.15, 0.2) is 60.7 Å². The molecule has 2 N–H and O–H groups in total. The van der Waals surface area contributed by atoms with Gasteiger partial charge in [-0.3, -0.25) is 14.9 Å². The highest BCUT2D eigenvalue weighted by Crippen LogP contribution is 2.35. The molecule has 0 bridgehead atoms. The van der Waals surface area contributed by atoms with Crippen LogP contribution >= 0.6 is 0 Å². The number of aliphatic hydroxyl groups excluding tert-OH is 1. The number of anilines is 1. The molecule has 25 heavy (non-hydrogen) atoms. The lowest BCUT2D eigenvalue weighted by molar-refractivity contribution is -0.384. The normalized spacial score (nSPS) is 11.9. The number of nitro benzene ring substituents is 1. The molecule has 0 spiro atoms. The zero-order valence-electron chi connectivity index (χ0n) is 13.5. The maximum atomic E-state index is 11.5. The summed E-state index contributed by atoms with van der Waals surface area (Å²) in [4.78, 5) is 21.8. The molecule has 3 aromatic carbocycles. The molecular weight excluding hydrogens is 320 g/mol. The maximum absolute atomic E-state index is 11.5. The zero-order valence-corrected chi connectivity index (χ0v) is 13.5. The van der Waals surface area contributed by atoms with Crippen LogP contribution in [0, 0.1) is 10.1 Å². The van der Waals surface area contributed by atoms with Crippen molar-refractivity contribution in [3.8, 4) is 0 Å². The summed E-state index contributed by atoms with van der Waals surface area (Å²) in [6.45, 7) is 1.40. The second-order valence-corrected chi connectivity index (χ2v) is 5.68. The van der Waals surface area contributed by atoms with E-state index in [4.69, 9.17) is 0 Å². The van der Waals surface area contributed by atoms with Gasteiger partial charge >= 0.3 is 0 Å². The van der Waals surface area contributed by atoms with E-state index in [0.717, 1.165) is 10.8 Å². The SMILES string of the molecule is CC(=O)Nc1ccc2ccccc2c1C(O)c1ccc([N+](=O)[O-])cc1. The average molecular weight is 336 g/mol. The Kier molecular flexibility index (Phi) is 4.45. The third-order valence-electron chi connectivity index (χ3n) is 3.97. The van der Waals surface area contributed by atoms with Crippen LogP contribution in [-0.2, 0) is 4.79 Å². The summed E-state index contributed by atoms with van der Waals surface area (Å²) in [7, 11) is 0. The predicted octanol–water partition coefficient (Wildman–Crippen LogP) is 3.79. The molecule has 126 valence electrons. The number of rotatable bonds is 4. The van der Waals surface area contributed by atoms with E-state index in [1.807, 2.05) is 30.3 Å². The number of carbonyl (C=O) groups excluding carboxylic acids is 1. The van der Waals surface area contributed by atoms with Gasteiger partial charge in [0.05, 0.1) is 4.92 Å². The van der Waals surface area contributed by atoms with Crippen molar-refractivity contribution in [3.05, 3.63) is 81.9 Å². The van der Waals surface area contributed by atoms with Crippen LogP contribution in [0.1, 0.15) is 24.2 Å². The minimum Gasteiger partial charge on any atom is -0.384 e. The number of nitrogens with one attached hydrogen (secondary N) is 1. The molecule has 0 aliphatic heterocycles. The van der Waals surface area contributed by atoms with Gasteiger partial charge in [-0.05, 0) is 34.5 Å². The minimum absolute atomic E-state index is 0.0454. The fourth-order valence-electron chi connectivity index (χ4n) is 2.83. The molecule has 1 atom stereocenters. The number of benzene rings is 3. The fraction of sp³-hybridized carbons (Fsp3) is 0.105. The molecule has 0 aliphatic rings. The Morgan fingerprint density at radius 1 is 1.08 bits per heavy atom. The van der Waals surface area contributed by atoms with Crippen LogP contribution in [0.2, 0.25) is 0 Å². The standard InChI is InChI=1S/C19H16N2O4/c1-12(22)20-17-11-8-13-4-2-3-5-16(13)18(17)19(23)14-6-9-15(10-7-14)21(24)25/h2-11,19,23H,1H3,(H,20,22). The van der Waals surface area contributed by atoms with Crippen LogP contribution in [0.25, 0.3) is 10.8 Å². The first kappa shape index (κ1) is 16.6. The topological polar surface area (TPSA) is 92.5 Å². The largest absolute Gasteiger partial charge is 0.384 e. The lowest BCUT2D eigenvalue weighted by atomic mass is 9.94. The summed E-state index contributed by atoms with van der Waals surface area (Å²) in [5, 5.41) is 26.2. The lowest BCUT2D eigenvalue weighted by Crippen LogP contribution is -2.11. The number of carbonyl (C=O) groups is 1. The molecule has 0 fully saturated rings. The summed E-state index contributed by atoms with van der Waals surface area (Å²) in [5.41, 5.74) is 1.53. The highest BCUT2D eigenvalue weighted by atomic mass is 16.6. The van der Waals surface area contributed by atoms with E-state index in [1.165, 1.54) is 31.2 Å². The van der Waals surface area contributed by atoms with Crippen molar-refractivity contribution in [2.45, 2.75) is 13.0 Å². The Bertz CT molecular complexity index is 951. The highest BCUT2D eigenvalue weighted by Gasteiger charge is 2.19. The lowest BCUT2D eigenvalue weighted by Gasteiger charge is -2.19. The highest BCUT2D eigenvalue weighted by molar-refractivity contribution is 5.96. The molecule has 0 aromatic heterocycles. The predicted molar refractivity (Wildman–Crippen MR) is 95.4 cm³/mol. The van der Waals surface area contributed by atoms with E-state index in [-0.39, 0.29) is 11.6 Å². The average Bonchev–Trinajstić information content (AvgIpc) is 2.60. The van der Waals surface area contributed by atoms with E-state index in [2.05, 4.69) is 5.32 Å². The first-order valence-electron chi connectivity index (χ1n) is 7.69. The molecule has 1 unspecified atom stereocenters. The van der Waals surface area contributed by atoms with E-state index < -0.39 is 11.0 Å². The Hall–Kier alpha value is -3.25. The quantitative estimate of drug-likeness (QED) is 0.560. The Morgan fingerprint density at radius 2 is 1.76 bits per heavy atom. The van der Waals surface area contributed by atoms with Crippen molar-refractivity contribution < 1.29 is 14.8 Å². The van der Waals surface area contributed by atoms with Crippen LogP contribution in [0.4, 0.5) is 11.4 Å². The van der Waals surface area contributed by atoms with Crippen LogP contribution in [-0.4, -0.2) is 15.9 Å². The molecule has 0 saturated heterocycles. The Balaban J connectivity index is 2.14. The van der Waals surface area contributed by atoms with Gasteiger partial charge in [-0.2, -0.15) is 0 Å². The molecule has 0 saturated carbocycles. The van der Waals surface area contributed by atoms with Crippen LogP contribution < -0.4 is 5.32 Å². The third-order valence-corrected chi connectivity index (χ3v) is 3.97. The first-order valence-corrected chi connectivity index (χ1v) is 7.69. The molecule has 0 heterocycles. The number of nitro groups is 1. The minimum atomic E-state index is -1.03. The van der Waals surface area contributed by atoms with Crippen LogP contribution in [0.3, 0.4) is 0 Å². The van der Waals surface area contributed by atoms with Gasteiger partial charge in [0.25, 0.3) is 5.69 Å². The Labute approximate surface area is 143 Å². The van der Waals surface area contributed by atoms with Crippen molar-refractivity contribution in [1.29, 1.82) is 0 Å². The number of aliphatic hydroxyl groups is 1. The van der Waals surface area contributed by atoms with Crippen molar-refractivity contribution in [2.24, 2.45) is 0 Å². The van der Waals surface area contributed by atoms with Crippen LogP contribution in [0.5, 0.6) is 0 Å². The van der Waals surface area contributed by atoms with Gasteiger partial charge in [0.15, 0.2) is 0 Å². The van der Waals surface area contributed by atoms with Gasteiger partial charge in [-0.1, -0.05) is 30.3 Å². The monoisotopic (exact) mass is 336 g/mol. The molecule has 3 aromatic rings. The van der Waals surface area contributed by atoms with Gasteiger partial charge in [0.1, 0.15) is 6.10 Å². The van der Waals surface area contributed by atoms with E-state index in [1.54, 1.807) is 6.07 Å². The summed E-state index contributed by atoms with van der Waals surface area (Å²) in [6.07, 6.45) is -1.03. The first-order chi connectivity index (χ1) is 12.0. The number of hydrogen-bond acceptors (Lipinski definition) is 4. The molecule has 3 rings (SSSR count). The molecule has 0 aliphatic carbocycles. The van der Waals surface area contributed by atoms with E-state index in [9.17, 15) is 20.0 Å². The van der Waals surface area contributed by atoms with Gasteiger partial charge in [0, 0.05) is 30.3 Å². The number of hydrogen-bond donors (Lipinski definition) is 2. The third kappa shape index (κ3) is 3.34. The van der Waals surface area contributed by atoms with Crippen molar-refractivity contribution in [3.63, 3.8) is 0 Å². The zero-order chi connectivity index (χ0) is 18.0. The second-order valence-electron chi connectivity index (χ2n) is 5.68. The summed E-state index contributed by atoms with van der Waals surface area (Å²) >= 11 is 0. The Morgan fingerprint density at radius 3 is 2.40 bits per heavy atom. The molecular formula is C19H16N2O4. The number of fused-ring (bicyclic) bond motifs is 1. The van der Waals surface area contributed by atoms with Crippen molar-refractivity contribution >= 4 is 28.1 Å². The molecule has 1 amide bonds. The summed E-state index contributed by atoms with van der Waals surface area (Å²) in [5.74, 6) is -0.243. The summed E-state index contributed by atoms with van der Waals surface area (Å²) in [6, 6.07) is 16.9. The maximum Gasteiger partial charge on any atom is 0.269 e. The fourth-order valence-corrected chi connectivity index (χ4v) is 2.83. The van der Waals surface area contributed by atoms with E-state index >= 15 is 0 Å².